The van der Waals surface area contributed by atoms with Gasteiger partial charge in [0.25, 0.3) is 0 Å². The summed E-state index contributed by atoms with van der Waals surface area (Å²) in [4.78, 5) is 17.8. The van der Waals surface area contributed by atoms with E-state index in [4.69, 9.17) is 4.42 Å². The Balaban J connectivity index is 2.48. The highest BCUT2D eigenvalue weighted by molar-refractivity contribution is 5.58. The van der Waals surface area contributed by atoms with Crippen LogP contribution in [0.1, 0.15) is 19.0 Å². The SMILES string of the molecule is CCCc1[nH]c(=O)oc1-c1cccnc1. The molecule has 0 unspecified atom stereocenters. The molecule has 2 aromatic heterocycles. The van der Waals surface area contributed by atoms with Crippen molar-refractivity contribution in [2.24, 2.45) is 0 Å². The second-order valence-electron chi connectivity index (χ2n) is 3.31. The van der Waals surface area contributed by atoms with Gasteiger partial charge in [0, 0.05) is 18.0 Å². The number of nitrogens with one attached hydrogen (secondary N) is 1. The van der Waals surface area contributed by atoms with E-state index in [1.165, 1.54) is 0 Å². The summed E-state index contributed by atoms with van der Waals surface area (Å²) in [6, 6.07) is 3.69. The van der Waals surface area contributed by atoms with Crippen molar-refractivity contribution in [2.75, 3.05) is 0 Å². The number of oxazole rings is 1. The molecule has 78 valence electrons. The highest BCUT2D eigenvalue weighted by Gasteiger charge is 2.10. The molecule has 4 heteroatoms. The van der Waals surface area contributed by atoms with Gasteiger partial charge in [-0.15, -0.1) is 0 Å². The van der Waals surface area contributed by atoms with E-state index >= 15 is 0 Å². The number of aromatic nitrogens is 2. The maximum atomic E-state index is 11.1. The van der Waals surface area contributed by atoms with Crippen LogP contribution in [0.5, 0.6) is 0 Å². The molecule has 0 saturated heterocycles. The zero-order chi connectivity index (χ0) is 10.7. The Morgan fingerprint density at radius 2 is 2.40 bits per heavy atom. The molecule has 0 aliphatic carbocycles. The molecular formula is C11H12N2O2. The van der Waals surface area contributed by atoms with E-state index in [-0.39, 0.29) is 0 Å². The van der Waals surface area contributed by atoms with Crippen LogP contribution in [0.4, 0.5) is 0 Å². The quantitative estimate of drug-likeness (QED) is 0.831. The van der Waals surface area contributed by atoms with Gasteiger partial charge in [-0.1, -0.05) is 13.3 Å². The maximum Gasteiger partial charge on any atom is 0.417 e. The Labute approximate surface area is 87.0 Å². The molecule has 0 amide bonds. The van der Waals surface area contributed by atoms with Crippen molar-refractivity contribution in [3.8, 4) is 11.3 Å². The van der Waals surface area contributed by atoms with E-state index in [1.54, 1.807) is 12.4 Å². The molecule has 0 saturated carbocycles. The normalized spacial score (nSPS) is 10.5. The number of nitrogens with zero attached hydrogens (tertiary/aromatic N) is 1. The van der Waals surface area contributed by atoms with Gasteiger partial charge in [-0.3, -0.25) is 9.97 Å². The van der Waals surface area contributed by atoms with E-state index in [1.807, 2.05) is 12.1 Å². The summed E-state index contributed by atoms with van der Waals surface area (Å²) in [5.74, 6) is 0.201. The molecule has 2 aromatic rings. The van der Waals surface area contributed by atoms with Crippen molar-refractivity contribution in [2.45, 2.75) is 19.8 Å². The number of aryl methyl sites for hydroxylation is 1. The highest BCUT2D eigenvalue weighted by Crippen LogP contribution is 2.20. The third-order valence-electron chi connectivity index (χ3n) is 2.15. The van der Waals surface area contributed by atoms with E-state index in [0.717, 1.165) is 24.1 Å². The molecule has 2 heterocycles. The lowest BCUT2D eigenvalue weighted by atomic mass is 10.1. The summed E-state index contributed by atoms with van der Waals surface area (Å²) in [5.41, 5.74) is 1.68. The predicted molar refractivity (Wildman–Crippen MR) is 56.6 cm³/mol. The summed E-state index contributed by atoms with van der Waals surface area (Å²) in [7, 11) is 0. The fourth-order valence-electron chi connectivity index (χ4n) is 1.52. The first-order valence-corrected chi connectivity index (χ1v) is 4.93. The first-order chi connectivity index (χ1) is 7.31. The Morgan fingerprint density at radius 3 is 3.07 bits per heavy atom. The van der Waals surface area contributed by atoms with Gasteiger partial charge in [0.15, 0.2) is 5.76 Å². The van der Waals surface area contributed by atoms with Gasteiger partial charge in [0.1, 0.15) is 0 Å². The lowest BCUT2D eigenvalue weighted by Gasteiger charge is -1.98. The van der Waals surface area contributed by atoms with Crippen LogP contribution < -0.4 is 5.76 Å². The summed E-state index contributed by atoms with van der Waals surface area (Å²) in [6.45, 7) is 2.05. The van der Waals surface area contributed by atoms with Gasteiger partial charge in [-0.2, -0.15) is 0 Å². The van der Waals surface area contributed by atoms with E-state index < -0.39 is 5.76 Å². The monoisotopic (exact) mass is 204 g/mol. The average molecular weight is 204 g/mol. The molecule has 4 nitrogen and oxygen atoms in total. The molecule has 0 radical (unpaired) electrons. The van der Waals surface area contributed by atoms with Crippen LogP contribution in [-0.4, -0.2) is 9.97 Å². The summed E-state index contributed by atoms with van der Waals surface area (Å²) < 4.78 is 5.10. The predicted octanol–water partition coefficient (Wildman–Crippen LogP) is 1.98. The highest BCUT2D eigenvalue weighted by atomic mass is 16.4. The second kappa shape index (κ2) is 4.13. The summed E-state index contributed by atoms with van der Waals surface area (Å²) >= 11 is 0. The fraction of sp³-hybridized carbons (Fsp3) is 0.273. The van der Waals surface area contributed by atoms with Crippen molar-refractivity contribution in [1.29, 1.82) is 0 Å². The Hall–Kier alpha value is -1.84. The summed E-state index contributed by atoms with van der Waals surface area (Å²) in [5, 5.41) is 0. The minimum atomic E-state index is -0.405. The minimum Gasteiger partial charge on any atom is -0.408 e. The van der Waals surface area contributed by atoms with Crippen LogP contribution in [0.3, 0.4) is 0 Å². The van der Waals surface area contributed by atoms with E-state index in [2.05, 4.69) is 16.9 Å². The molecule has 0 bridgehead atoms. The molecular weight excluding hydrogens is 192 g/mol. The summed E-state index contributed by atoms with van der Waals surface area (Å²) in [6.07, 6.45) is 5.14. The lowest BCUT2D eigenvalue weighted by molar-refractivity contribution is 0.527. The molecule has 2 rings (SSSR count). The van der Waals surface area contributed by atoms with Gasteiger partial charge in [-0.25, -0.2) is 4.79 Å². The van der Waals surface area contributed by atoms with Crippen molar-refractivity contribution in [1.82, 2.24) is 9.97 Å². The molecule has 0 aliphatic heterocycles. The first-order valence-electron chi connectivity index (χ1n) is 4.93. The van der Waals surface area contributed by atoms with Crippen LogP contribution in [0.2, 0.25) is 0 Å². The third kappa shape index (κ3) is 1.98. The number of hydrogen-bond acceptors (Lipinski definition) is 3. The largest absolute Gasteiger partial charge is 0.417 e. The number of pyridine rings is 1. The lowest BCUT2D eigenvalue weighted by Crippen LogP contribution is -1.96. The zero-order valence-electron chi connectivity index (χ0n) is 8.49. The van der Waals surface area contributed by atoms with Crippen molar-refractivity contribution >= 4 is 0 Å². The topological polar surface area (TPSA) is 58.9 Å². The Morgan fingerprint density at radius 1 is 1.53 bits per heavy atom. The zero-order valence-corrected chi connectivity index (χ0v) is 8.49. The molecule has 0 spiro atoms. The first kappa shape index (κ1) is 9.71. The molecule has 0 aliphatic rings. The molecule has 1 N–H and O–H groups in total. The van der Waals surface area contributed by atoms with Crippen molar-refractivity contribution in [3.05, 3.63) is 40.8 Å². The minimum absolute atomic E-state index is 0.405. The third-order valence-corrected chi connectivity index (χ3v) is 2.15. The van der Waals surface area contributed by atoms with Crippen LogP contribution in [-0.2, 0) is 6.42 Å². The molecule has 0 aromatic carbocycles. The number of rotatable bonds is 3. The average Bonchev–Trinajstić information content (AvgIpc) is 2.62. The van der Waals surface area contributed by atoms with Gasteiger partial charge in [0.05, 0.1) is 5.69 Å². The standard InChI is InChI=1S/C11H12N2O2/c1-2-4-9-10(15-11(14)13-9)8-5-3-6-12-7-8/h3,5-7H,2,4H2,1H3,(H,13,14). The smallest absolute Gasteiger partial charge is 0.408 e. The second-order valence-corrected chi connectivity index (χ2v) is 3.31. The number of aromatic amines is 1. The Kier molecular flexibility index (Phi) is 2.67. The van der Waals surface area contributed by atoms with Crippen LogP contribution >= 0.6 is 0 Å². The van der Waals surface area contributed by atoms with Crippen LogP contribution in [0.15, 0.2) is 33.7 Å². The molecule has 0 fully saturated rings. The molecule has 0 atom stereocenters. The van der Waals surface area contributed by atoms with Gasteiger partial charge >= 0.3 is 5.76 Å². The van der Waals surface area contributed by atoms with Crippen molar-refractivity contribution in [3.63, 3.8) is 0 Å². The van der Waals surface area contributed by atoms with Crippen LogP contribution in [0, 0.1) is 0 Å². The fourth-order valence-corrected chi connectivity index (χ4v) is 1.52. The Bertz CT molecular complexity index is 485. The van der Waals surface area contributed by atoms with E-state index in [9.17, 15) is 4.79 Å². The maximum absolute atomic E-state index is 11.1. The van der Waals surface area contributed by atoms with Gasteiger partial charge in [0.2, 0.25) is 0 Å². The molecule has 15 heavy (non-hydrogen) atoms. The van der Waals surface area contributed by atoms with Gasteiger partial charge < -0.3 is 4.42 Å². The number of H-pyrrole nitrogens is 1. The van der Waals surface area contributed by atoms with Crippen LogP contribution in [0.25, 0.3) is 11.3 Å². The number of hydrogen-bond donors (Lipinski definition) is 1. The van der Waals surface area contributed by atoms with E-state index in [0.29, 0.717) is 5.76 Å². The van der Waals surface area contributed by atoms with Gasteiger partial charge in [-0.05, 0) is 18.6 Å². The van der Waals surface area contributed by atoms with Crippen molar-refractivity contribution < 1.29 is 4.42 Å².